The third-order valence-electron chi connectivity index (χ3n) is 10.2. The molecular formula is C40H46BBrN4O4. The van der Waals surface area contributed by atoms with Gasteiger partial charge in [-0.15, -0.1) is 0 Å². The number of halogens is 1. The first kappa shape index (κ1) is 35.7. The molecule has 8 nitrogen and oxygen atoms in total. The van der Waals surface area contributed by atoms with Crippen molar-refractivity contribution in [3.05, 3.63) is 112 Å². The van der Waals surface area contributed by atoms with E-state index >= 15 is 0 Å². The Labute approximate surface area is 305 Å². The number of carbonyl (C=O) groups excluding carboxylic acids is 2. The van der Waals surface area contributed by atoms with Crippen molar-refractivity contribution in [2.75, 3.05) is 60.9 Å². The standard InChI is InChI=1S/C23H29BN2O3.C17H17BrN2O/c1-22(2)23(3,4)29-24(28-22)17-8-7-9-19(15-17)26-13-12-16-14-18(25(5)6)10-11-20(16)21(26)27;1-19(2)14-6-7-16-12(10-14)8-9-20(17(16)21)15-5-3-4-13(18)11-15/h7-11,14-15H,12-13H2,1-6H3;3-7,10-11H,8-9H2,1-2H3. The molecule has 260 valence electrons. The molecule has 0 unspecified atom stereocenters. The zero-order valence-electron chi connectivity index (χ0n) is 30.3. The minimum atomic E-state index is -0.435. The molecule has 3 heterocycles. The van der Waals surface area contributed by atoms with Crippen LogP contribution in [0.25, 0.3) is 0 Å². The van der Waals surface area contributed by atoms with Gasteiger partial charge in [0.1, 0.15) is 0 Å². The highest BCUT2D eigenvalue weighted by atomic mass is 79.9. The zero-order valence-corrected chi connectivity index (χ0v) is 31.9. The van der Waals surface area contributed by atoms with E-state index < -0.39 is 18.3 Å². The minimum Gasteiger partial charge on any atom is -0.399 e. The molecule has 0 bridgehead atoms. The number of hydrogen-bond donors (Lipinski definition) is 0. The summed E-state index contributed by atoms with van der Waals surface area (Å²) in [5, 5.41) is 0. The van der Waals surface area contributed by atoms with E-state index in [0.29, 0.717) is 6.54 Å². The number of amides is 2. The molecular weight excluding hydrogens is 691 g/mol. The maximum Gasteiger partial charge on any atom is 0.494 e. The molecule has 4 aromatic carbocycles. The van der Waals surface area contributed by atoms with Gasteiger partial charge in [0, 0.05) is 79.6 Å². The third kappa shape index (κ3) is 7.06. The van der Waals surface area contributed by atoms with E-state index in [4.69, 9.17) is 9.31 Å². The monoisotopic (exact) mass is 736 g/mol. The number of hydrogen-bond acceptors (Lipinski definition) is 6. The molecule has 10 heteroatoms. The summed E-state index contributed by atoms with van der Waals surface area (Å²) in [6.07, 6.45) is 1.72. The largest absolute Gasteiger partial charge is 0.494 e. The van der Waals surface area contributed by atoms with Crippen molar-refractivity contribution in [2.24, 2.45) is 0 Å². The van der Waals surface area contributed by atoms with Crippen molar-refractivity contribution in [1.82, 2.24) is 0 Å². The van der Waals surface area contributed by atoms with Gasteiger partial charge >= 0.3 is 7.12 Å². The van der Waals surface area contributed by atoms with E-state index in [1.54, 1.807) is 0 Å². The summed E-state index contributed by atoms with van der Waals surface area (Å²) >= 11 is 3.46. The van der Waals surface area contributed by atoms with Crippen LogP contribution in [0.15, 0.2) is 89.4 Å². The molecule has 7 rings (SSSR count). The van der Waals surface area contributed by atoms with Crippen LogP contribution < -0.4 is 25.1 Å². The Morgan fingerprint density at radius 2 is 1.10 bits per heavy atom. The molecule has 4 aromatic rings. The Hall–Kier alpha value is -4.12. The van der Waals surface area contributed by atoms with E-state index in [2.05, 4.69) is 37.9 Å². The van der Waals surface area contributed by atoms with Gasteiger partial charge in [0.15, 0.2) is 0 Å². The molecule has 0 N–H and O–H groups in total. The summed E-state index contributed by atoms with van der Waals surface area (Å²) < 4.78 is 13.3. The second kappa shape index (κ2) is 13.9. The second-order valence-electron chi connectivity index (χ2n) is 14.5. The first-order valence-corrected chi connectivity index (χ1v) is 17.9. The lowest BCUT2D eigenvalue weighted by Gasteiger charge is -2.32. The number of rotatable bonds is 5. The number of carbonyl (C=O) groups is 2. The maximum atomic E-state index is 13.2. The number of fused-ring (bicyclic) bond motifs is 2. The van der Waals surface area contributed by atoms with Crippen LogP contribution in [0.2, 0.25) is 0 Å². The molecule has 50 heavy (non-hydrogen) atoms. The van der Waals surface area contributed by atoms with Crippen molar-refractivity contribution < 1.29 is 18.9 Å². The SMILES string of the molecule is CN(C)c1ccc2c(c1)CCN(c1cccc(B3OC(C)(C)C(C)(C)O3)c1)C2=O.CN(C)c1ccc2c(c1)CCN(c1cccc(Br)c1)C2=O. The molecule has 2 amide bonds. The quantitative estimate of drug-likeness (QED) is 0.206. The predicted octanol–water partition coefficient (Wildman–Crippen LogP) is 6.97. The topological polar surface area (TPSA) is 65.6 Å². The lowest BCUT2D eigenvalue weighted by molar-refractivity contribution is 0.00578. The lowest BCUT2D eigenvalue weighted by atomic mass is 9.79. The minimum absolute atomic E-state index is 0.0441. The third-order valence-corrected chi connectivity index (χ3v) is 10.7. The first-order chi connectivity index (χ1) is 23.6. The normalized spacial score (nSPS) is 17.5. The average molecular weight is 738 g/mol. The molecule has 0 spiro atoms. The highest BCUT2D eigenvalue weighted by Crippen LogP contribution is 2.37. The molecule has 0 radical (unpaired) electrons. The molecule has 0 saturated carbocycles. The van der Waals surface area contributed by atoms with Crippen molar-refractivity contribution in [2.45, 2.75) is 51.7 Å². The number of benzene rings is 4. The van der Waals surface area contributed by atoms with Crippen LogP contribution >= 0.6 is 15.9 Å². The van der Waals surface area contributed by atoms with Crippen molar-refractivity contribution in [3.8, 4) is 0 Å². The summed E-state index contributed by atoms with van der Waals surface area (Å²) in [4.78, 5) is 33.7. The van der Waals surface area contributed by atoms with Crippen LogP contribution in [-0.2, 0) is 22.2 Å². The Balaban J connectivity index is 0.000000182. The Bertz CT molecular complexity index is 1910. The first-order valence-electron chi connectivity index (χ1n) is 17.1. The smallest absolute Gasteiger partial charge is 0.399 e. The van der Waals surface area contributed by atoms with Crippen LogP contribution in [0.5, 0.6) is 0 Å². The molecule has 1 saturated heterocycles. The fourth-order valence-corrected chi connectivity index (χ4v) is 6.85. The Morgan fingerprint density at radius 3 is 1.56 bits per heavy atom. The molecule has 1 fully saturated rings. The highest BCUT2D eigenvalue weighted by Gasteiger charge is 2.51. The van der Waals surface area contributed by atoms with E-state index in [0.717, 1.165) is 74.3 Å². The van der Waals surface area contributed by atoms with E-state index in [1.165, 1.54) is 0 Å². The van der Waals surface area contributed by atoms with Gasteiger partial charge < -0.3 is 28.9 Å². The van der Waals surface area contributed by atoms with Gasteiger partial charge in [-0.1, -0.05) is 34.1 Å². The van der Waals surface area contributed by atoms with Crippen LogP contribution in [-0.4, -0.2) is 71.4 Å². The number of nitrogens with zero attached hydrogens (tertiary/aromatic N) is 4. The van der Waals surface area contributed by atoms with Crippen molar-refractivity contribution in [1.29, 1.82) is 0 Å². The fourth-order valence-electron chi connectivity index (χ4n) is 6.46. The summed E-state index contributed by atoms with van der Waals surface area (Å²) in [7, 11) is 7.62. The highest BCUT2D eigenvalue weighted by molar-refractivity contribution is 9.10. The summed E-state index contributed by atoms with van der Waals surface area (Å²) in [6.45, 7) is 9.57. The van der Waals surface area contributed by atoms with Gasteiger partial charge in [0.2, 0.25) is 0 Å². The molecule has 3 aliphatic heterocycles. The van der Waals surface area contributed by atoms with E-state index in [-0.39, 0.29) is 11.8 Å². The van der Waals surface area contributed by atoms with Gasteiger partial charge in [-0.25, -0.2) is 0 Å². The van der Waals surface area contributed by atoms with E-state index in [1.807, 2.05) is 138 Å². The van der Waals surface area contributed by atoms with Crippen molar-refractivity contribution in [3.63, 3.8) is 0 Å². The van der Waals surface area contributed by atoms with Crippen LogP contribution in [0.3, 0.4) is 0 Å². The summed E-state index contributed by atoms with van der Waals surface area (Å²) in [5.41, 5.74) is 8.07. The molecule has 0 aliphatic carbocycles. The zero-order chi connectivity index (χ0) is 36.0. The van der Waals surface area contributed by atoms with Crippen molar-refractivity contribution >= 4 is 63.1 Å². The Morgan fingerprint density at radius 1 is 0.640 bits per heavy atom. The van der Waals surface area contributed by atoms with Gasteiger partial charge in [0.05, 0.1) is 11.2 Å². The number of anilines is 4. The maximum absolute atomic E-state index is 13.2. The van der Waals surface area contributed by atoms with E-state index in [9.17, 15) is 9.59 Å². The summed E-state index contributed by atoms with van der Waals surface area (Å²) in [5.74, 6) is 0.127. The summed E-state index contributed by atoms with van der Waals surface area (Å²) in [6, 6.07) is 28.0. The van der Waals surface area contributed by atoms with Gasteiger partial charge in [0.25, 0.3) is 11.8 Å². The lowest BCUT2D eigenvalue weighted by Crippen LogP contribution is -2.41. The predicted molar refractivity (Wildman–Crippen MR) is 209 cm³/mol. The second-order valence-corrected chi connectivity index (χ2v) is 15.5. The Kier molecular flexibility index (Phi) is 9.92. The van der Waals surface area contributed by atoms with Crippen LogP contribution in [0.4, 0.5) is 22.7 Å². The van der Waals surface area contributed by atoms with Crippen LogP contribution in [0, 0.1) is 0 Å². The molecule has 0 aromatic heterocycles. The van der Waals surface area contributed by atoms with Crippen LogP contribution in [0.1, 0.15) is 59.5 Å². The van der Waals surface area contributed by atoms with Gasteiger partial charge in [-0.05, 0) is 124 Å². The van der Waals surface area contributed by atoms with Gasteiger partial charge in [-0.2, -0.15) is 0 Å². The average Bonchev–Trinajstić information content (AvgIpc) is 3.31. The molecule has 0 atom stereocenters. The molecule has 3 aliphatic rings. The van der Waals surface area contributed by atoms with Gasteiger partial charge in [-0.3, -0.25) is 9.59 Å². The fraction of sp³-hybridized carbons (Fsp3) is 0.350.